The fourth-order valence-electron chi connectivity index (χ4n) is 3.38. The summed E-state index contributed by atoms with van der Waals surface area (Å²) in [4.78, 5) is 16.9. The van der Waals surface area contributed by atoms with E-state index in [1.807, 2.05) is 0 Å². The van der Waals surface area contributed by atoms with Crippen LogP contribution in [-0.4, -0.2) is 32.0 Å². The summed E-state index contributed by atoms with van der Waals surface area (Å²) >= 11 is 5.96. The van der Waals surface area contributed by atoms with Crippen molar-refractivity contribution in [3.05, 3.63) is 76.7 Å². The second-order valence-electron chi connectivity index (χ2n) is 7.38. The summed E-state index contributed by atoms with van der Waals surface area (Å²) in [6.45, 7) is 3.60. The zero-order chi connectivity index (χ0) is 23.0. The van der Waals surface area contributed by atoms with Crippen molar-refractivity contribution in [3.63, 3.8) is 0 Å². The minimum absolute atomic E-state index is 0.0470. The maximum absolute atomic E-state index is 14.1. The number of ether oxygens (including phenoxy) is 1. The Morgan fingerprint density at radius 1 is 1.25 bits per heavy atom. The van der Waals surface area contributed by atoms with Crippen LogP contribution in [0.4, 0.5) is 15.8 Å². The molecule has 0 fully saturated rings. The predicted molar refractivity (Wildman–Crippen MR) is 119 cm³/mol. The number of pyridine rings is 1. The van der Waals surface area contributed by atoms with Gasteiger partial charge in [-0.05, 0) is 49.7 Å². The van der Waals surface area contributed by atoms with Gasteiger partial charge in [0.15, 0.2) is 0 Å². The third kappa shape index (κ3) is 4.13. The molecule has 32 heavy (non-hydrogen) atoms. The number of carbonyl (C=O) groups is 1. The molecule has 1 aromatic heterocycles. The molecule has 0 saturated carbocycles. The van der Waals surface area contributed by atoms with Crippen LogP contribution in [0.15, 0.2) is 59.6 Å². The van der Waals surface area contributed by atoms with Crippen molar-refractivity contribution in [2.45, 2.75) is 24.8 Å². The molecule has 0 spiro atoms. The number of sulfonamides is 1. The molecule has 166 valence electrons. The van der Waals surface area contributed by atoms with E-state index in [9.17, 15) is 17.6 Å². The molecule has 1 N–H and O–H groups in total. The molecule has 0 bridgehead atoms. The number of nitrogens with zero attached hydrogens (tertiary/aromatic N) is 2. The summed E-state index contributed by atoms with van der Waals surface area (Å²) < 4.78 is 47.7. The first-order chi connectivity index (χ1) is 15.2. The number of rotatable bonds is 4. The molecule has 2 aromatic carbocycles. The second kappa shape index (κ2) is 8.40. The van der Waals surface area contributed by atoms with Gasteiger partial charge >= 0.3 is 0 Å². The molecule has 3 aromatic rings. The van der Waals surface area contributed by atoms with Crippen molar-refractivity contribution in [2.24, 2.45) is 0 Å². The Bertz CT molecular complexity index is 1300. The molecule has 0 aliphatic carbocycles. The molecule has 1 aliphatic heterocycles. The van der Waals surface area contributed by atoms with Crippen LogP contribution in [0.1, 0.15) is 22.8 Å². The number of anilines is 2. The SMILES string of the molecule is Cc1cccc(S(=O)(=O)N2CC(C)Oc3ncc(NC(=O)c4c(F)cccc4Cl)cc32)c1. The number of aromatic nitrogens is 1. The number of hydrogen-bond acceptors (Lipinski definition) is 5. The quantitative estimate of drug-likeness (QED) is 0.603. The molecule has 1 aliphatic rings. The Morgan fingerprint density at radius 2 is 2.00 bits per heavy atom. The molecule has 1 unspecified atom stereocenters. The average molecular weight is 476 g/mol. The zero-order valence-electron chi connectivity index (χ0n) is 17.2. The second-order valence-corrected chi connectivity index (χ2v) is 9.65. The summed E-state index contributed by atoms with van der Waals surface area (Å²) in [7, 11) is -3.92. The van der Waals surface area contributed by atoms with Crippen LogP contribution in [-0.2, 0) is 10.0 Å². The fraction of sp³-hybridized carbons (Fsp3) is 0.182. The van der Waals surface area contributed by atoms with E-state index < -0.39 is 27.9 Å². The number of halogens is 2. The van der Waals surface area contributed by atoms with E-state index >= 15 is 0 Å². The molecule has 4 rings (SSSR count). The van der Waals surface area contributed by atoms with Gasteiger partial charge in [0.05, 0.1) is 33.9 Å². The summed E-state index contributed by atoms with van der Waals surface area (Å²) in [5.74, 6) is -1.45. The number of benzene rings is 2. The fourth-order valence-corrected chi connectivity index (χ4v) is 5.26. The maximum atomic E-state index is 14.1. The van der Waals surface area contributed by atoms with Crippen molar-refractivity contribution in [1.29, 1.82) is 0 Å². The van der Waals surface area contributed by atoms with E-state index in [0.29, 0.717) is 0 Å². The molecule has 7 nitrogen and oxygen atoms in total. The Labute approximate surface area is 189 Å². The monoisotopic (exact) mass is 475 g/mol. The van der Waals surface area contributed by atoms with Crippen molar-refractivity contribution < 1.29 is 22.3 Å². The van der Waals surface area contributed by atoms with Gasteiger partial charge in [-0.25, -0.2) is 17.8 Å². The Balaban J connectivity index is 1.72. The van der Waals surface area contributed by atoms with Gasteiger partial charge in [-0.15, -0.1) is 0 Å². The van der Waals surface area contributed by atoms with Gasteiger partial charge in [0.2, 0.25) is 5.88 Å². The molecule has 2 heterocycles. The third-order valence-electron chi connectivity index (χ3n) is 4.86. The minimum Gasteiger partial charge on any atom is -0.471 e. The highest BCUT2D eigenvalue weighted by atomic mass is 35.5. The van der Waals surface area contributed by atoms with E-state index in [0.717, 1.165) is 11.6 Å². The summed E-state index contributed by atoms with van der Waals surface area (Å²) in [6.07, 6.45) is 0.869. The highest BCUT2D eigenvalue weighted by Crippen LogP contribution is 2.37. The molecule has 0 radical (unpaired) electrons. The number of carbonyl (C=O) groups excluding carboxylic acids is 1. The van der Waals surface area contributed by atoms with Crippen LogP contribution >= 0.6 is 11.6 Å². The number of aryl methyl sites for hydroxylation is 1. The Kier molecular flexibility index (Phi) is 5.79. The number of fused-ring (bicyclic) bond motifs is 1. The van der Waals surface area contributed by atoms with E-state index in [4.69, 9.17) is 16.3 Å². The third-order valence-corrected chi connectivity index (χ3v) is 6.95. The molecular weight excluding hydrogens is 457 g/mol. The lowest BCUT2D eigenvalue weighted by molar-refractivity contribution is 0.102. The molecular formula is C22H19ClFN3O4S. The first-order valence-corrected chi connectivity index (χ1v) is 11.5. The Hall–Kier alpha value is -3.17. The normalized spacial score (nSPS) is 15.6. The molecule has 1 atom stereocenters. The van der Waals surface area contributed by atoms with Gasteiger partial charge in [-0.1, -0.05) is 29.8 Å². The van der Waals surface area contributed by atoms with Gasteiger partial charge in [0, 0.05) is 0 Å². The van der Waals surface area contributed by atoms with Crippen LogP contribution in [0.3, 0.4) is 0 Å². The smallest absolute Gasteiger partial charge is 0.264 e. The van der Waals surface area contributed by atoms with Gasteiger partial charge < -0.3 is 10.1 Å². The topological polar surface area (TPSA) is 88.6 Å². The lowest BCUT2D eigenvalue weighted by Crippen LogP contribution is -2.42. The first kappa shape index (κ1) is 22.0. The van der Waals surface area contributed by atoms with Crippen molar-refractivity contribution in [3.8, 4) is 5.88 Å². The van der Waals surface area contributed by atoms with Crippen molar-refractivity contribution in [1.82, 2.24) is 4.98 Å². The maximum Gasteiger partial charge on any atom is 0.264 e. The van der Waals surface area contributed by atoms with Crippen LogP contribution in [0.25, 0.3) is 0 Å². The molecule has 0 saturated heterocycles. The minimum atomic E-state index is -3.92. The lowest BCUT2D eigenvalue weighted by atomic mass is 10.2. The average Bonchev–Trinajstić information content (AvgIpc) is 2.73. The van der Waals surface area contributed by atoms with Gasteiger partial charge in [-0.2, -0.15) is 0 Å². The van der Waals surface area contributed by atoms with E-state index in [2.05, 4.69) is 10.3 Å². The summed E-state index contributed by atoms with van der Waals surface area (Å²) in [5, 5.41) is 2.47. The van der Waals surface area contributed by atoms with Gasteiger partial charge in [0.25, 0.3) is 15.9 Å². The highest BCUT2D eigenvalue weighted by Gasteiger charge is 2.34. The first-order valence-electron chi connectivity index (χ1n) is 9.68. The molecule has 10 heteroatoms. The predicted octanol–water partition coefficient (Wildman–Crippen LogP) is 4.41. The number of nitrogens with one attached hydrogen (secondary N) is 1. The standard InChI is InChI=1S/C22H19ClFN3O4S/c1-13-5-3-6-16(9-13)32(29,30)27-12-14(2)31-22-19(27)10-15(11-25-22)26-21(28)20-17(23)7-4-8-18(20)24/h3-11,14H,12H2,1-2H3,(H,26,28). The Morgan fingerprint density at radius 3 is 2.72 bits per heavy atom. The largest absolute Gasteiger partial charge is 0.471 e. The van der Waals surface area contributed by atoms with E-state index in [1.165, 1.54) is 34.8 Å². The van der Waals surface area contributed by atoms with Crippen LogP contribution < -0.4 is 14.4 Å². The number of hydrogen-bond donors (Lipinski definition) is 1. The number of amides is 1. The van der Waals surface area contributed by atoms with Gasteiger partial charge in [0.1, 0.15) is 17.6 Å². The summed E-state index contributed by atoms with van der Waals surface area (Å²) in [5.41, 5.74) is 0.812. The van der Waals surface area contributed by atoms with E-state index in [-0.39, 0.29) is 39.3 Å². The van der Waals surface area contributed by atoms with E-state index in [1.54, 1.807) is 32.0 Å². The van der Waals surface area contributed by atoms with Crippen LogP contribution in [0, 0.1) is 12.7 Å². The van der Waals surface area contributed by atoms with Gasteiger partial charge in [-0.3, -0.25) is 9.10 Å². The zero-order valence-corrected chi connectivity index (χ0v) is 18.7. The summed E-state index contributed by atoms with van der Waals surface area (Å²) in [6, 6.07) is 11.9. The molecule has 1 amide bonds. The van der Waals surface area contributed by atoms with Crippen LogP contribution in [0.5, 0.6) is 5.88 Å². The van der Waals surface area contributed by atoms with Crippen molar-refractivity contribution in [2.75, 3.05) is 16.2 Å². The lowest BCUT2D eigenvalue weighted by Gasteiger charge is -2.33. The van der Waals surface area contributed by atoms with Crippen molar-refractivity contribution >= 4 is 38.9 Å². The van der Waals surface area contributed by atoms with Crippen LogP contribution in [0.2, 0.25) is 5.02 Å². The highest BCUT2D eigenvalue weighted by molar-refractivity contribution is 7.92.